The van der Waals surface area contributed by atoms with Crippen molar-refractivity contribution in [1.29, 1.82) is 0 Å². The largest absolute Gasteiger partial charge is 0.381 e. The standard InChI is InChI=1S/C14H19F2NO/c1-18-13-6-4-12(5-7-13)17-9-10-2-3-11(15)8-14(10)16/h2-3,8,12-13,17H,4-7,9H2,1H3. The zero-order valence-electron chi connectivity index (χ0n) is 10.6. The van der Waals surface area contributed by atoms with Crippen molar-refractivity contribution in [3.05, 3.63) is 35.4 Å². The monoisotopic (exact) mass is 255 g/mol. The van der Waals surface area contributed by atoms with Gasteiger partial charge in [-0.3, -0.25) is 0 Å². The molecule has 0 spiro atoms. The lowest BCUT2D eigenvalue weighted by molar-refractivity contribution is 0.0623. The molecule has 2 nitrogen and oxygen atoms in total. The Morgan fingerprint density at radius 1 is 1.22 bits per heavy atom. The molecule has 1 fully saturated rings. The van der Waals surface area contributed by atoms with E-state index in [1.807, 2.05) is 0 Å². The van der Waals surface area contributed by atoms with Gasteiger partial charge in [-0.1, -0.05) is 6.07 Å². The predicted octanol–water partition coefficient (Wildman–Crippen LogP) is 3.01. The highest BCUT2D eigenvalue weighted by atomic mass is 19.1. The van der Waals surface area contributed by atoms with Crippen LogP contribution in [0.25, 0.3) is 0 Å². The Labute approximate surface area is 106 Å². The minimum Gasteiger partial charge on any atom is -0.381 e. The number of hydrogen-bond donors (Lipinski definition) is 1. The lowest BCUT2D eigenvalue weighted by Crippen LogP contribution is -2.34. The number of methoxy groups -OCH3 is 1. The highest BCUT2D eigenvalue weighted by Gasteiger charge is 2.20. The van der Waals surface area contributed by atoms with Crippen molar-refractivity contribution in [3.8, 4) is 0 Å². The molecule has 0 heterocycles. The molecule has 18 heavy (non-hydrogen) atoms. The van der Waals surface area contributed by atoms with E-state index in [9.17, 15) is 8.78 Å². The molecule has 100 valence electrons. The van der Waals surface area contributed by atoms with Crippen LogP contribution in [0.5, 0.6) is 0 Å². The Morgan fingerprint density at radius 2 is 1.94 bits per heavy atom. The number of rotatable bonds is 4. The fraction of sp³-hybridized carbons (Fsp3) is 0.571. The molecule has 1 aromatic carbocycles. The normalized spacial score (nSPS) is 24.2. The van der Waals surface area contributed by atoms with E-state index in [0.717, 1.165) is 31.7 Å². The zero-order valence-corrected chi connectivity index (χ0v) is 10.6. The molecule has 4 heteroatoms. The summed E-state index contributed by atoms with van der Waals surface area (Å²) >= 11 is 0. The molecule has 2 rings (SSSR count). The summed E-state index contributed by atoms with van der Waals surface area (Å²) in [6.07, 6.45) is 4.54. The summed E-state index contributed by atoms with van der Waals surface area (Å²) in [4.78, 5) is 0. The van der Waals surface area contributed by atoms with Crippen LogP contribution in [0, 0.1) is 11.6 Å². The van der Waals surface area contributed by atoms with Crippen molar-refractivity contribution >= 4 is 0 Å². The molecule has 1 aliphatic rings. The van der Waals surface area contributed by atoms with Gasteiger partial charge in [-0.2, -0.15) is 0 Å². The Bertz CT molecular complexity index is 389. The SMILES string of the molecule is COC1CCC(NCc2ccc(F)cc2F)CC1. The fourth-order valence-electron chi connectivity index (χ4n) is 2.42. The summed E-state index contributed by atoms with van der Waals surface area (Å²) in [5, 5.41) is 3.32. The zero-order chi connectivity index (χ0) is 13.0. The molecule has 0 aliphatic heterocycles. The summed E-state index contributed by atoms with van der Waals surface area (Å²) in [7, 11) is 1.74. The molecule has 0 saturated heterocycles. The van der Waals surface area contributed by atoms with E-state index < -0.39 is 11.6 Å². The van der Waals surface area contributed by atoms with Gasteiger partial charge in [0, 0.05) is 31.3 Å². The molecule has 1 aliphatic carbocycles. The first kappa shape index (κ1) is 13.4. The van der Waals surface area contributed by atoms with Gasteiger partial charge in [0.05, 0.1) is 6.10 Å². The number of hydrogen-bond acceptors (Lipinski definition) is 2. The number of halogens is 2. The second-order valence-corrected chi connectivity index (χ2v) is 4.83. The van der Waals surface area contributed by atoms with Crippen LogP contribution in [0.4, 0.5) is 8.78 Å². The second kappa shape index (κ2) is 6.25. The van der Waals surface area contributed by atoms with E-state index in [4.69, 9.17) is 4.74 Å². The van der Waals surface area contributed by atoms with Gasteiger partial charge in [0.1, 0.15) is 11.6 Å². The lowest BCUT2D eigenvalue weighted by atomic mass is 9.93. The molecular weight excluding hydrogens is 236 g/mol. The van der Waals surface area contributed by atoms with Crippen LogP contribution in [0.15, 0.2) is 18.2 Å². The van der Waals surface area contributed by atoms with Gasteiger partial charge in [0.25, 0.3) is 0 Å². The molecule has 1 N–H and O–H groups in total. The van der Waals surface area contributed by atoms with Crippen molar-refractivity contribution in [2.75, 3.05) is 7.11 Å². The number of nitrogens with one attached hydrogen (secondary N) is 1. The average molecular weight is 255 g/mol. The quantitative estimate of drug-likeness (QED) is 0.893. The summed E-state index contributed by atoms with van der Waals surface area (Å²) in [6.45, 7) is 0.453. The third-order valence-electron chi connectivity index (χ3n) is 3.60. The van der Waals surface area contributed by atoms with Gasteiger partial charge < -0.3 is 10.1 Å². The van der Waals surface area contributed by atoms with Gasteiger partial charge in [0.15, 0.2) is 0 Å². The van der Waals surface area contributed by atoms with Gasteiger partial charge in [0.2, 0.25) is 0 Å². The van der Waals surface area contributed by atoms with E-state index in [1.54, 1.807) is 7.11 Å². The highest BCUT2D eigenvalue weighted by Crippen LogP contribution is 2.21. The van der Waals surface area contributed by atoms with Crippen molar-refractivity contribution in [2.45, 2.75) is 44.4 Å². The lowest BCUT2D eigenvalue weighted by Gasteiger charge is -2.28. The van der Waals surface area contributed by atoms with Gasteiger partial charge in [-0.15, -0.1) is 0 Å². The molecule has 0 aromatic heterocycles. The topological polar surface area (TPSA) is 21.3 Å². The Kier molecular flexibility index (Phi) is 4.66. The maximum absolute atomic E-state index is 13.4. The van der Waals surface area contributed by atoms with Crippen LogP contribution < -0.4 is 5.32 Å². The van der Waals surface area contributed by atoms with Crippen molar-refractivity contribution in [1.82, 2.24) is 5.32 Å². The molecule has 0 bridgehead atoms. The summed E-state index contributed by atoms with van der Waals surface area (Å²) < 4.78 is 31.5. The molecule has 0 unspecified atom stereocenters. The maximum Gasteiger partial charge on any atom is 0.130 e. The molecule has 0 atom stereocenters. The third-order valence-corrected chi connectivity index (χ3v) is 3.60. The number of benzene rings is 1. The second-order valence-electron chi connectivity index (χ2n) is 4.83. The van der Waals surface area contributed by atoms with Crippen molar-refractivity contribution in [3.63, 3.8) is 0 Å². The minimum atomic E-state index is -0.531. The fourth-order valence-corrected chi connectivity index (χ4v) is 2.42. The average Bonchev–Trinajstić information content (AvgIpc) is 2.38. The van der Waals surface area contributed by atoms with E-state index in [1.165, 1.54) is 12.1 Å². The van der Waals surface area contributed by atoms with Gasteiger partial charge in [-0.05, 0) is 31.7 Å². The summed E-state index contributed by atoms with van der Waals surface area (Å²) in [5.74, 6) is -1.01. The van der Waals surface area contributed by atoms with E-state index >= 15 is 0 Å². The molecule has 1 saturated carbocycles. The van der Waals surface area contributed by atoms with Crippen LogP contribution in [-0.4, -0.2) is 19.3 Å². The molecular formula is C14H19F2NO. The maximum atomic E-state index is 13.4. The van der Waals surface area contributed by atoms with Gasteiger partial charge >= 0.3 is 0 Å². The van der Waals surface area contributed by atoms with E-state index in [-0.39, 0.29) is 0 Å². The van der Waals surface area contributed by atoms with Gasteiger partial charge in [-0.25, -0.2) is 8.78 Å². The van der Waals surface area contributed by atoms with E-state index in [2.05, 4.69) is 5.32 Å². The van der Waals surface area contributed by atoms with Crippen LogP contribution in [0.3, 0.4) is 0 Å². The summed E-state index contributed by atoms with van der Waals surface area (Å²) in [5.41, 5.74) is 0.519. The smallest absolute Gasteiger partial charge is 0.130 e. The molecule has 0 radical (unpaired) electrons. The first-order valence-corrected chi connectivity index (χ1v) is 6.39. The molecule has 1 aromatic rings. The van der Waals surface area contributed by atoms with Crippen LogP contribution >= 0.6 is 0 Å². The van der Waals surface area contributed by atoms with E-state index in [0.29, 0.717) is 24.3 Å². The van der Waals surface area contributed by atoms with Crippen LogP contribution in [0.2, 0.25) is 0 Å². The Morgan fingerprint density at radius 3 is 2.56 bits per heavy atom. The van der Waals surface area contributed by atoms with Crippen molar-refractivity contribution < 1.29 is 13.5 Å². The van der Waals surface area contributed by atoms with Crippen molar-refractivity contribution in [2.24, 2.45) is 0 Å². The first-order chi connectivity index (χ1) is 8.69. The Hall–Kier alpha value is -1.00. The molecule has 0 amide bonds. The van der Waals surface area contributed by atoms with Crippen LogP contribution in [-0.2, 0) is 11.3 Å². The first-order valence-electron chi connectivity index (χ1n) is 6.39. The van der Waals surface area contributed by atoms with Crippen LogP contribution in [0.1, 0.15) is 31.2 Å². The number of ether oxygens (including phenoxy) is 1. The summed E-state index contributed by atoms with van der Waals surface area (Å²) in [6, 6.07) is 4.13. The predicted molar refractivity (Wildman–Crippen MR) is 66.3 cm³/mol. The Balaban J connectivity index is 1.81. The third kappa shape index (κ3) is 3.50. The highest BCUT2D eigenvalue weighted by molar-refractivity contribution is 5.18. The minimum absolute atomic E-state index is 0.366.